The molecule has 0 saturated carbocycles. The fourth-order valence-corrected chi connectivity index (χ4v) is 5.65. The summed E-state index contributed by atoms with van der Waals surface area (Å²) in [6, 6.07) is 13.0. The molecule has 3 rings (SSSR count). The molecule has 0 atom stereocenters. The smallest absolute Gasteiger partial charge is 0.243 e. The van der Waals surface area contributed by atoms with Crippen LogP contribution in [0.4, 0.5) is 11.4 Å². The lowest BCUT2D eigenvalue weighted by Gasteiger charge is -2.28. The van der Waals surface area contributed by atoms with E-state index in [2.05, 4.69) is 10.2 Å². The molecule has 0 bridgehead atoms. The van der Waals surface area contributed by atoms with Crippen molar-refractivity contribution >= 4 is 39.1 Å². The summed E-state index contributed by atoms with van der Waals surface area (Å²) in [6.07, 6.45) is 0. The van der Waals surface area contributed by atoms with Gasteiger partial charge in [0, 0.05) is 31.1 Å². The first-order chi connectivity index (χ1) is 15.3. The SMILES string of the molecule is CCN(CC)c1ccc(S(=O)(=O)N2CCOCC2)cc1NC(=O)CSc1ccc(C)cc1. The summed E-state index contributed by atoms with van der Waals surface area (Å²) in [5, 5.41) is 2.95. The number of amides is 1. The summed E-state index contributed by atoms with van der Waals surface area (Å²) < 4.78 is 33.0. The molecule has 0 aromatic heterocycles. The van der Waals surface area contributed by atoms with E-state index < -0.39 is 10.0 Å². The molecule has 32 heavy (non-hydrogen) atoms. The zero-order valence-electron chi connectivity index (χ0n) is 18.8. The van der Waals surface area contributed by atoms with Gasteiger partial charge in [0.2, 0.25) is 15.9 Å². The van der Waals surface area contributed by atoms with Crippen LogP contribution in [0.3, 0.4) is 0 Å². The van der Waals surface area contributed by atoms with Crippen molar-refractivity contribution in [2.45, 2.75) is 30.6 Å². The molecule has 174 valence electrons. The molecular formula is C23H31N3O4S2. The first kappa shape index (κ1) is 24.6. The lowest BCUT2D eigenvalue weighted by Crippen LogP contribution is -2.40. The lowest BCUT2D eigenvalue weighted by molar-refractivity contribution is -0.113. The number of aryl methyl sites for hydroxylation is 1. The number of ether oxygens (including phenoxy) is 1. The molecule has 1 fully saturated rings. The second-order valence-corrected chi connectivity index (χ2v) is 10.5. The summed E-state index contributed by atoms with van der Waals surface area (Å²) in [5.41, 5.74) is 2.49. The highest BCUT2D eigenvalue weighted by Crippen LogP contribution is 2.31. The number of rotatable bonds is 9. The van der Waals surface area contributed by atoms with Crippen molar-refractivity contribution in [1.82, 2.24) is 4.31 Å². The Kier molecular flexibility index (Phi) is 8.58. The van der Waals surface area contributed by atoms with Crippen molar-refractivity contribution in [2.75, 3.05) is 55.4 Å². The van der Waals surface area contributed by atoms with Crippen molar-refractivity contribution in [2.24, 2.45) is 0 Å². The van der Waals surface area contributed by atoms with Crippen molar-refractivity contribution in [3.05, 3.63) is 48.0 Å². The molecule has 0 unspecified atom stereocenters. The molecule has 7 nitrogen and oxygen atoms in total. The minimum atomic E-state index is -3.66. The van der Waals surface area contributed by atoms with Gasteiger partial charge >= 0.3 is 0 Å². The molecule has 0 radical (unpaired) electrons. The summed E-state index contributed by atoms with van der Waals surface area (Å²) in [6.45, 7) is 8.99. The minimum Gasteiger partial charge on any atom is -0.379 e. The van der Waals surface area contributed by atoms with E-state index in [0.717, 1.165) is 23.7 Å². The number of anilines is 2. The summed E-state index contributed by atoms with van der Waals surface area (Å²) >= 11 is 1.45. The van der Waals surface area contributed by atoms with Crippen LogP contribution in [0, 0.1) is 6.92 Å². The first-order valence-electron chi connectivity index (χ1n) is 10.8. The highest BCUT2D eigenvalue weighted by Gasteiger charge is 2.27. The van der Waals surface area contributed by atoms with Gasteiger partial charge in [0.05, 0.1) is 35.2 Å². The van der Waals surface area contributed by atoms with Crippen LogP contribution in [0.2, 0.25) is 0 Å². The van der Waals surface area contributed by atoms with Crippen molar-refractivity contribution in [3.8, 4) is 0 Å². The van der Waals surface area contributed by atoms with E-state index in [9.17, 15) is 13.2 Å². The summed E-state index contributed by atoms with van der Waals surface area (Å²) in [5.74, 6) is 0.0613. The van der Waals surface area contributed by atoms with Gasteiger partial charge < -0.3 is 15.0 Å². The first-order valence-corrected chi connectivity index (χ1v) is 13.2. The number of nitrogens with zero attached hydrogens (tertiary/aromatic N) is 2. The standard InChI is InChI=1S/C23H31N3O4S2/c1-4-25(5-2)22-11-10-20(32(28,29)26-12-14-30-15-13-26)16-21(22)24-23(27)17-31-19-8-6-18(3)7-9-19/h6-11,16H,4-5,12-15,17H2,1-3H3,(H,24,27). The van der Waals surface area contributed by atoms with E-state index in [-0.39, 0.29) is 16.6 Å². The third-order valence-electron chi connectivity index (χ3n) is 5.34. The Bertz CT molecular complexity index is 1020. The van der Waals surface area contributed by atoms with Crippen LogP contribution in [0.1, 0.15) is 19.4 Å². The number of nitrogens with one attached hydrogen (secondary N) is 1. The van der Waals surface area contributed by atoms with Crippen molar-refractivity contribution in [1.29, 1.82) is 0 Å². The Morgan fingerprint density at radius 2 is 1.75 bits per heavy atom. The zero-order chi connectivity index (χ0) is 23.1. The number of carbonyl (C=O) groups excluding carboxylic acids is 1. The number of sulfonamides is 1. The van der Waals surface area contributed by atoms with E-state index in [1.54, 1.807) is 18.2 Å². The maximum Gasteiger partial charge on any atom is 0.243 e. The maximum absolute atomic E-state index is 13.1. The van der Waals surface area contributed by atoms with Crippen molar-refractivity contribution < 1.29 is 17.9 Å². The Balaban J connectivity index is 1.82. The number of carbonyl (C=O) groups is 1. The van der Waals surface area contributed by atoms with Crippen LogP contribution in [-0.4, -0.2) is 63.8 Å². The van der Waals surface area contributed by atoms with Gasteiger partial charge in [0.1, 0.15) is 0 Å². The molecule has 1 amide bonds. The van der Waals surface area contributed by atoms with Gasteiger partial charge in [0.15, 0.2) is 0 Å². The average Bonchev–Trinajstić information content (AvgIpc) is 2.81. The third-order valence-corrected chi connectivity index (χ3v) is 8.25. The normalized spacial score (nSPS) is 14.8. The highest BCUT2D eigenvalue weighted by atomic mass is 32.2. The molecule has 1 heterocycles. The maximum atomic E-state index is 13.1. The Labute approximate surface area is 195 Å². The number of hydrogen-bond donors (Lipinski definition) is 1. The van der Waals surface area contributed by atoms with Gasteiger partial charge in [-0.3, -0.25) is 4.79 Å². The fraction of sp³-hybridized carbons (Fsp3) is 0.435. The molecule has 1 saturated heterocycles. The van der Waals surface area contributed by atoms with Gasteiger partial charge in [-0.2, -0.15) is 4.31 Å². The van der Waals surface area contributed by atoms with Crippen molar-refractivity contribution in [3.63, 3.8) is 0 Å². The third kappa shape index (κ3) is 6.04. The predicted molar refractivity (Wildman–Crippen MR) is 130 cm³/mol. The van der Waals surface area contributed by atoms with Gasteiger partial charge in [-0.05, 0) is 51.1 Å². The number of thioether (sulfide) groups is 1. The largest absolute Gasteiger partial charge is 0.379 e. The fourth-order valence-electron chi connectivity index (χ4n) is 3.52. The summed E-state index contributed by atoms with van der Waals surface area (Å²) in [7, 11) is -3.66. The molecule has 1 N–H and O–H groups in total. The average molecular weight is 478 g/mol. The zero-order valence-corrected chi connectivity index (χ0v) is 20.5. The van der Waals surface area contributed by atoms with Gasteiger partial charge in [-0.25, -0.2) is 8.42 Å². The molecule has 9 heteroatoms. The highest BCUT2D eigenvalue weighted by molar-refractivity contribution is 8.00. The van der Waals surface area contributed by atoms with E-state index in [4.69, 9.17) is 4.74 Å². The second-order valence-electron chi connectivity index (χ2n) is 7.52. The van der Waals surface area contributed by atoms with E-state index >= 15 is 0 Å². The molecule has 1 aliphatic rings. The predicted octanol–water partition coefficient (Wildman–Crippen LogP) is 3.59. The minimum absolute atomic E-state index is 0.176. The Morgan fingerprint density at radius 1 is 1.09 bits per heavy atom. The Hall–Kier alpha value is -2.07. The van der Waals surface area contributed by atoms with Crippen LogP contribution < -0.4 is 10.2 Å². The van der Waals surface area contributed by atoms with Gasteiger partial charge in [-0.15, -0.1) is 11.8 Å². The Morgan fingerprint density at radius 3 is 2.38 bits per heavy atom. The molecular weight excluding hydrogens is 446 g/mol. The molecule has 2 aromatic carbocycles. The molecule has 1 aliphatic heterocycles. The number of morpholine rings is 1. The second kappa shape index (κ2) is 11.2. The molecule has 0 aliphatic carbocycles. The van der Waals surface area contributed by atoms with Gasteiger partial charge in [0.25, 0.3) is 0 Å². The number of benzene rings is 2. The molecule has 0 spiro atoms. The van der Waals surface area contributed by atoms with Crippen LogP contribution in [0.25, 0.3) is 0 Å². The quantitative estimate of drug-likeness (QED) is 0.556. The van der Waals surface area contributed by atoms with E-state index in [0.29, 0.717) is 32.0 Å². The topological polar surface area (TPSA) is 79.0 Å². The molecule has 2 aromatic rings. The van der Waals surface area contributed by atoms with Crippen LogP contribution in [-0.2, 0) is 19.6 Å². The van der Waals surface area contributed by atoms with Crippen LogP contribution in [0.15, 0.2) is 52.3 Å². The van der Waals surface area contributed by atoms with E-state index in [1.165, 1.54) is 21.6 Å². The van der Waals surface area contributed by atoms with Crippen LogP contribution in [0.5, 0.6) is 0 Å². The van der Waals surface area contributed by atoms with Crippen LogP contribution >= 0.6 is 11.8 Å². The van der Waals surface area contributed by atoms with E-state index in [1.807, 2.05) is 45.0 Å². The monoisotopic (exact) mass is 477 g/mol. The lowest BCUT2D eigenvalue weighted by atomic mass is 10.2. The number of hydrogen-bond acceptors (Lipinski definition) is 6. The van der Waals surface area contributed by atoms with Gasteiger partial charge in [-0.1, -0.05) is 17.7 Å². The summed E-state index contributed by atoms with van der Waals surface area (Å²) in [4.78, 5) is 16.0.